The molecule has 8 nitrogen and oxygen atoms in total. The van der Waals surface area contributed by atoms with Gasteiger partial charge in [0, 0.05) is 5.56 Å². The lowest BCUT2D eigenvalue weighted by Crippen LogP contribution is -2.14. The second-order valence-corrected chi connectivity index (χ2v) is 6.69. The van der Waals surface area contributed by atoms with Crippen LogP contribution in [0.3, 0.4) is 0 Å². The average Bonchev–Trinajstić information content (AvgIpc) is 2.78. The van der Waals surface area contributed by atoms with Crippen LogP contribution in [0.1, 0.15) is 15.9 Å². The third-order valence-corrected chi connectivity index (χ3v) is 4.75. The van der Waals surface area contributed by atoms with Crippen LogP contribution in [-0.2, 0) is 0 Å². The van der Waals surface area contributed by atoms with Gasteiger partial charge < -0.3 is 19.2 Å². The number of carbonyl (C=O) groups is 1. The van der Waals surface area contributed by atoms with Gasteiger partial charge in [-0.05, 0) is 48.7 Å². The third kappa shape index (κ3) is 4.29. The number of thioether (sulfide) groups is 1. The van der Waals surface area contributed by atoms with E-state index in [-0.39, 0.29) is 22.8 Å². The monoisotopic (exact) mass is 423 g/mol. The number of aromatic amines is 1. The first-order chi connectivity index (χ1) is 14.5. The van der Waals surface area contributed by atoms with Gasteiger partial charge in [-0.3, -0.25) is 4.79 Å². The van der Waals surface area contributed by atoms with E-state index in [0.29, 0.717) is 22.0 Å². The van der Waals surface area contributed by atoms with Crippen molar-refractivity contribution in [1.29, 1.82) is 5.26 Å². The topological polar surface area (TPSA) is 114 Å². The first-order valence-electron chi connectivity index (χ1n) is 8.63. The maximum absolute atomic E-state index is 12.4. The number of hydrogen-bond acceptors (Lipinski definition) is 8. The molecule has 0 amide bonds. The standard InChI is InChI=1S/C21H17N3O5S/c1-27-14-7-4-12(5-8-14)20(26)29-16-9-6-13(10-17(16)28-2)18-15(11-22)19(25)24-21(23-18)30-3/h4-10H,1-3H3,(H,23,24,25). The molecule has 0 aliphatic heterocycles. The van der Waals surface area contributed by atoms with Crippen LogP contribution in [0.5, 0.6) is 17.2 Å². The number of rotatable bonds is 6. The van der Waals surface area contributed by atoms with Crippen LogP contribution in [0.15, 0.2) is 52.4 Å². The van der Waals surface area contributed by atoms with Crippen molar-refractivity contribution in [2.45, 2.75) is 5.16 Å². The van der Waals surface area contributed by atoms with E-state index in [4.69, 9.17) is 14.2 Å². The average molecular weight is 423 g/mol. The molecule has 3 aromatic rings. The predicted octanol–water partition coefficient (Wildman–Crippen LogP) is 3.27. The number of aromatic nitrogens is 2. The highest BCUT2D eigenvalue weighted by molar-refractivity contribution is 7.98. The lowest BCUT2D eigenvalue weighted by atomic mass is 10.1. The Kier molecular flexibility index (Phi) is 6.39. The molecular formula is C21H17N3O5S. The molecule has 1 aromatic heterocycles. The Labute approximate surface area is 176 Å². The molecule has 3 rings (SSSR count). The van der Waals surface area contributed by atoms with E-state index in [1.807, 2.05) is 6.07 Å². The van der Waals surface area contributed by atoms with Gasteiger partial charge in [0.25, 0.3) is 5.56 Å². The fourth-order valence-corrected chi connectivity index (χ4v) is 3.02. The Morgan fingerprint density at radius 2 is 1.83 bits per heavy atom. The van der Waals surface area contributed by atoms with Crippen LogP contribution < -0.4 is 19.8 Å². The van der Waals surface area contributed by atoms with E-state index in [1.165, 1.54) is 32.0 Å². The van der Waals surface area contributed by atoms with Crippen LogP contribution >= 0.6 is 11.8 Å². The fraction of sp³-hybridized carbons (Fsp3) is 0.143. The number of nitriles is 1. The van der Waals surface area contributed by atoms with E-state index in [9.17, 15) is 14.9 Å². The zero-order chi connectivity index (χ0) is 21.7. The van der Waals surface area contributed by atoms with Gasteiger partial charge in [0.15, 0.2) is 16.7 Å². The van der Waals surface area contributed by atoms with Crippen LogP contribution in [0.4, 0.5) is 0 Å². The van der Waals surface area contributed by atoms with Gasteiger partial charge in [-0.1, -0.05) is 11.8 Å². The zero-order valence-corrected chi connectivity index (χ0v) is 17.2. The highest BCUT2D eigenvalue weighted by atomic mass is 32.2. The molecule has 2 aromatic carbocycles. The minimum atomic E-state index is -0.569. The van der Waals surface area contributed by atoms with Crippen LogP contribution in [-0.4, -0.2) is 36.4 Å². The minimum Gasteiger partial charge on any atom is -0.497 e. The molecule has 1 heterocycles. The Morgan fingerprint density at radius 3 is 2.43 bits per heavy atom. The van der Waals surface area contributed by atoms with Crippen molar-refractivity contribution in [2.24, 2.45) is 0 Å². The molecule has 30 heavy (non-hydrogen) atoms. The molecule has 0 atom stereocenters. The number of nitrogens with one attached hydrogen (secondary N) is 1. The van der Waals surface area contributed by atoms with Gasteiger partial charge in [-0.25, -0.2) is 9.78 Å². The smallest absolute Gasteiger partial charge is 0.343 e. The van der Waals surface area contributed by atoms with E-state index in [0.717, 1.165) is 0 Å². The molecule has 0 fully saturated rings. The molecule has 0 saturated heterocycles. The van der Waals surface area contributed by atoms with Crippen molar-refractivity contribution in [3.05, 3.63) is 63.9 Å². The second-order valence-electron chi connectivity index (χ2n) is 5.89. The summed E-state index contributed by atoms with van der Waals surface area (Å²) in [6.07, 6.45) is 1.76. The Hall–Kier alpha value is -3.77. The van der Waals surface area contributed by atoms with Crippen molar-refractivity contribution in [1.82, 2.24) is 9.97 Å². The predicted molar refractivity (Wildman–Crippen MR) is 111 cm³/mol. The molecule has 0 saturated carbocycles. The Balaban J connectivity index is 1.96. The molecule has 0 spiro atoms. The second kappa shape index (κ2) is 9.15. The number of ether oxygens (including phenoxy) is 3. The largest absolute Gasteiger partial charge is 0.497 e. The van der Waals surface area contributed by atoms with E-state index < -0.39 is 11.5 Å². The summed E-state index contributed by atoms with van der Waals surface area (Å²) >= 11 is 1.25. The summed E-state index contributed by atoms with van der Waals surface area (Å²) in [5.74, 6) is 0.499. The van der Waals surface area contributed by atoms with Gasteiger partial charge in [0.2, 0.25) is 0 Å². The summed E-state index contributed by atoms with van der Waals surface area (Å²) in [7, 11) is 2.96. The van der Waals surface area contributed by atoms with Gasteiger partial charge in [-0.2, -0.15) is 5.26 Å². The molecule has 0 radical (unpaired) electrons. The number of hydrogen-bond donors (Lipinski definition) is 1. The zero-order valence-electron chi connectivity index (χ0n) is 16.4. The van der Waals surface area contributed by atoms with Gasteiger partial charge in [0.1, 0.15) is 17.4 Å². The number of H-pyrrole nitrogens is 1. The lowest BCUT2D eigenvalue weighted by molar-refractivity contribution is 0.0729. The molecule has 0 bridgehead atoms. The minimum absolute atomic E-state index is 0.113. The maximum atomic E-state index is 12.4. The van der Waals surface area contributed by atoms with Crippen LogP contribution in [0, 0.1) is 11.3 Å². The fourth-order valence-electron chi connectivity index (χ4n) is 2.65. The van der Waals surface area contributed by atoms with E-state index in [2.05, 4.69) is 9.97 Å². The van der Waals surface area contributed by atoms with Crippen molar-refractivity contribution in [3.63, 3.8) is 0 Å². The molecule has 0 aliphatic rings. The first kappa shape index (κ1) is 21.0. The summed E-state index contributed by atoms with van der Waals surface area (Å²) < 4.78 is 15.9. The summed E-state index contributed by atoms with van der Waals surface area (Å²) in [5, 5.41) is 9.74. The highest BCUT2D eigenvalue weighted by Gasteiger charge is 2.17. The number of methoxy groups -OCH3 is 2. The first-order valence-corrected chi connectivity index (χ1v) is 9.86. The van der Waals surface area contributed by atoms with E-state index >= 15 is 0 Å². The summed E-state index contributed by atoms with van der Waals surface area (Å²) in [6.45, 7) is 0. The number of carbonyl (C=O) groups excluding carboxylic acids is 1. The third-order valence-electron chi connectivity index (χ3n) is 4.17. The van der Waals surface area contributed by atoms with Gasteiger partial charge in [0.05, 0.1) is 25.5 Å². The van der Waals surface area contributed by atoms with Crippen molar-refractivity contribution < 1.29 is 19.0 Å². The van der Waals surface area contributed by atoms with Gasteiger partial charge >= 0.3 is 5.97 Å². The normalized spacial score (nSPS) is 10.2. The van der Waals surface area contributed by atoms with Crippen molar-refractivity contribution >= 4 is 17.7 Å². The van der Waals surface area contributed by atoms with Crippen LogP contribution in [0.25, 0.3) is 11.3 Å². The molecule has 0 aliphatic carbocycles. The van der Waals surface area contributed by atoms with Gasteiger partial charge in [-0.15, -0.1) is 0 Å². The summed E-state index contributed by atoms with van der Waals surface area (Å²) in [5.41, 5.74) is 0.402. The van der Waals surface area contributed by atoms with Crippen molar-refractivity contribution in [3.8, 4) is 34.6 Å². The summed E-state index contributed by atoms with van der Waals surface area (Å²) in [6, 6.07) is 13.1. The molecule has 152 valence electrons. The quantitative estimate of drug-likeness (QED) is 0.278. The van der Waals surface area contributed by atoms with E-state index in [1.54, 1.807) is 42.7 Å². The van der Waals surface area contributed by atoms with Crippen molar-refractivity contribution in [2.75, 3.05) is 20.5 Å². The number of nitrogens with zero attached hydrogens (tertiary/aromatic N) is 2. The Bertz CT molecular complexity index is 1180. The maximum Gasteiger partial charge on any atom is 0.343 e. The molecule has 0 unspecified atom stereocenters. The SMILES string of the molecule is COc1ccc(C(=O)Oc2ccc(-c3nc(SC)[nH]c(=O)c3C#N)cc2OC)cc1. The number of benzene rings is 2. The summed E-state index contributed by atoms with van der Waals surface area (Å²) in [4.78, 5) is 31.5. The molecule has 1 N–H and O–H groups in total. The Morgan fingerprint density at radius 1 is 1.10 bits per heavy atom. The molecule has 9 heteroatoms. The molecular weight excluding hydrogens is 406 g/mol. The number of esters is 1. The highest BCUT2D eigenvalue weighted by Crippen LogP contribution is 2.33. The lowest BCUT2D eigenvalue weighted by Gasteiger charge is -2.12. The van der Waals surface area contributed by atoms with Crippen LogP contribution in [0.2, 0.25) is 0 Å².